The van der Waals surface area contributed by atoms with Crippen molar-refractivity contribution in [2.75, 3.05) is 5.32 Å². The van der Waals surface area contributed by atoms with E-state index >= 15 is 0 Å². The van der Waals surface area contributed by atoms with Crippen LogP contribution in [0.5, 0.6) is 5.75 Å². The highest BCUT2D eigenvalue weighted by molar-refractivity contribution is 6.29. The fourth-order valence-corrected chi connectivity index (χ4v) is 3.10. The van der Waals surface area contributed by atoms with Gasteiger partial charge in [0.1, 0.15) is 28.9 Å². The topological polar surface area (TPSA) is 125 Å². The van der Waals surface area contributed by atoms with Crippen molar-refractivity contribution < 1.29 is 33.1 Å². The summed E-state index contributed by atoms with van der Waals surface area (Å²) in [4.78, 5) is 53.9. The molecule has 162 valence electrons. The van der Waals surface area contributed by atoms with E-state index in [1.165, 1.54) is 42.6 Å². The number of amides is 1. The summed E-state index contributed by atoms with van der Waals surface area (Å²) in [5, 5.41) is 2.56. The van der Waals surface area contributed by atoms with Crippen molar-refractivity contribution in [3.63, 3.8) is 0 Å². The van der Waals surface area contributed by atoms with Crippen molar-refractivity contribution in [1.82, 2.24) is 4.98 Å². The van der Waals surface area contributed by atoms with Gasteiger partial charge in [0.25, 0.3) is 0 Å². The van der Waals surface area contributed by atoms with E-state index in [1.54, 1.807) is 20.8 Å². The number of hydrogen-bond donors (Lipinski definition) is 1. The van der Waals surface area contributed by atoms with Gasteiger partial charge in [-0.25, -0.2) is 9.59 Å². The molecule has 0 saturated heterocycles. The number of carbonyl (C=O) groups excluding carboxylic acids is 4. The molecule has 0 radical (unpaired) electrons. The largest absolute Gasteiger partial charge is 0.459 e. The predicted octanol–water partition coefficient (Wildman–Crippen LogP) is 4.02. The number of nitrogens with zero attached hydrogens (tertiary/aromatic N) is 1. The van der Waals surface area contributed by atoms with Crippen LogP contribution in [0, 0.1) is 0 Å². The number of hydrogen-bond acceptors (Lipinski definition) is 8. The monoisotopic (exact) mass is 434 g/mol. The first-order valence-corrected chi connectivity index (χ1v) is 9.62. The Balaban J connectivity index is 1.50. The van der Waals surface area contributed by atoms with E-state index in [-0.39, 0.29) is 33.9 Å². The first kappa shape index (κ1) is 21.0. The second-order valence-corrected chi connectivity index (χ2v) is 7.95. The van der Waals surface area contributed by atoms with Crippen LogP contribution in [0.3, 0.4) is 0 Å². The third-order valence-electron chi connectivity index (χ3n) is 4.42. The first-order chi connectivity index (χ1) is 15.1. The summed E-state index contributed by atoms with van der Waals surface area (Å²) in [6.07, 6.45) is 1.79. The van der Waals surface area contributed by atoms with E-state index in [0.717, 1.165) is 6.26 Å². The molecule has 32 heavy (non-hydrogen) atoms. The third-order valence-corrected chi connectivity index (χ3v) is 4.42. The average molecular weight is 434 g/mol. The van der Waals surface area contributed by atoms with E-state index in [1.807, 2.05) is 0 Å². The minimum Gasteiger partial charge on any atom is -0.459 e. The number of carbonyl (C=O) groups is 4. The van der Waals surface area contributed by atoms with Gasteiger partial charge in [-0.15, -0.1) is 0 Å². The first-order valence-electron chi connectivity index (χ1n) is 9.62. The molecule has 4 rings (SSSR count). The van der Waals surface area contributed by atoms with Gasteiger partial charge in [0.15, 0.2) is 5.76 Å². The number of ketones is 2. The van der Waals surface area contributed by atoms with Crippen molar-refractivity contribution in [3.05, 3.63) is 77.0 Å². The number of esters is 1. The van der Waals surface area contributed by atoms with E-state index in [9.17, 15) is 19.2 Å². The zero-order chi connectivity index (χ0) is 23.0. The molecule has 0 aliphatic heterocycles. The standard InChI is InChI=1S/C23H18N2O7/c1-23(2,3)32-22(29)25-12-6-8-13(9-7-12)31-21(28)15-11-30-20-16(15)19(27)17-14(18(20)26)5-4-10-24-17/h4-11H,1-3H3,(H,25,29). The zero-order valence-corrected chi connectivity index (χ0v) is 17.4. The van der Waals surface area contributed by atoms with Gasteiger partial charge in [-0.1, -0.05) is 0 Å². The number of rotatable bonds is 3. The smallest absolute Gasteiger partial charge is 0.412 e. The molecule has 2 aromatic heterocycles. The molecule has 0 bridgehead atoms. The second kappa shape index (κ2) is 7.77. The summed E-state index contributed by atoms with van der Waals surface area (Å²) in [5.74, 6) is -2.05. The fourth-order valence-electron chi connectivity index (χ4n) is 3.10. The maximum atomic E-state index is 12.8. The lowest BCUT2D eigenvalue weighted by molar-refractivity contribution is 0.0634. The summed E-state index contributed by atoms with van der Waals surface area (Å²) >= 11 is 0. The maximum Gasteiger partial charge on any atom is 0.412 e. The van der Waals surface area contributed by atoms with Crippen molar-refractivity contribution in [2.24, 2.45) is 0 Å². The normalized spacial score (nSPS) is 12.6. The molecular formula is C23H18N2O7. The van der Waals surface area contributed by atoms with Crippen LogP contribution in [0.1, 0.15) is 63.3 Å². The van der Waals surface area contributed by atoms with Gasteiger partial charge >= 0.3 is 12.1 Å². The maximum absolute atomic E-state index is 12.8. The molecule has 1 aliphatic rings. The van der Waals surface area contributed by atoms with Crippen LogP contribution in [0.4, 0.5) is 10.5 Å². The molecule has 1 amide bonds. The quantitative estimate of drug-likeness (QED) is 0.379. The Hall–Kier alpha value is -4.27. The van der Waals surface area contributed by atoms with E-state index in [4.69, 9.17) is 13.9 Å². The minimum absolute atomic E-state index is 0.0435. The SMILES string of the molecule is CC(C)(C)OC(=O)Nc1ccc(OC(=O)c2coc3c2C(=O)c2ncccc2C3=O)cc1. The number of ether oxygens (including phenoxy) is 2. The molecule has 0 atom stereocenters. The van der Waals surface area contributed by atoms with Crippen molar-refractivity contribution in [2.45, 2.75) is 26.4 Å². The Kier molecular flexibility index (Phi) is 5.09. The van der Waals surface area contributed by atoms with Gasteiger partial charge in [0.2, 0.25) is 11.6 Å². The second-order valence-electron chi connectivity index (χ2n) is 7.95. The van der Waals surface area contributed by atoms with Crippen LogP contribution in [-0.2, 0) is 4.74 Å². The lowest BCUT2D eigenvalue weighted by atomic mass is 9.90. The van der Waals surface area contributed by atoms with Crippen LogP contribution in [-0.4, -0.2) is 34.2 Å². The fraction of sp³-hybridized carbons (Fsp3) is 0.174. The molecule has 0 unspecified atom stereocenters. The summed E-state index contributed by atoms with van der Waals surface area (Å²) in [6.45, 7) is 5.24. The van der Waals surface area contributed by atoms with Gasteiger partial charge in [0, 0.05) is 11.9 Å². The molecular weight excluding hydrogens is 416 g/mol. The Bertz CT molecular complexity index is 1250. The summed E-state index contributed by atoms with van der Waals surface area (Å²) < 4.78 is 15.7. The lowest BCUT2D eigenvalue weighted by Crippen LogP contribution is -2.27. The highest BCUT2D eigenvalue weighted by Crippen LogP contribution is 2.30. The van der Waals surface area contributed by atoms with Crippen LogP contribution >= 0.6 is 0 Å². The van der Waals surface area contributed by atoms with E-state index < -0.39 is 29.2 Å². The molecule has 9 nitrogen and oxygen atoms in total. The molecule has 1 N–H and O–H groups in total. The molecule has 2 heterocycles. The summed E-state index contributed by atoms with van der Waals surface area (Å²) in [7, 11) is 0. The van der Waals surface area contributed by atoms with Crippen molar-refractivity contribution in [3.8, 4) is 5.75 Å². The molecule has 0 spiro atoms. The van der Waals surface area contributed by atoms with Crippen molar-refractivity contribution in [1.29, 1.82) is 0 Å². The van der Waals surface area contributed by atoms with E-state index in [0.29, 0.717) is 5.69 Å². The van der Waals surface area contributed by atoms with Gasteiger partial charge < -0.3 is 13.9 Å². The Morgan fingerprint density at radius 2 is 1.75 bits per heavy atom. The number of fused-ring (bicyclic) bond motifs is 2. The van der Waals surface area contributed by atoms with Gasteiger partial charge in [-0.3, -0.25) is 19.9 Å². The predicted molar refractivity (Wildman–Crippen MR) is 111 cm³/mol. The third kappa shape index (κ3) is 4.00. The average Bonchev–Trinajstić information content (AvgIpc) is 3.18. The van der Waals surface area contributed by atoms with Crippen LogP contribution < -0.4 is 10.1 Å². The summed E-state index contributed by atoms with van der Waals surface area (Å²) in [5.41, 5.74) is -0.480. The Labute approximate surface area is 182 Å². The minimum atomic E-state index is -0.872. The number of anilines is 1. The molecule has 1 aliphatic carbocycles. The van der Waals surface area contributed by atoms with Gasteiger partial charge in [-0.2, -0.15) is 0 Å². The number of furan rings is 1. The number of benzene rings is 1. The van der Waals surface area contributed by atoms with Gasteiger partial charge in [0.05, 0.1) is 11.1 Å². The number of aromatic nitrogens is 1. The highest BCUT2D eigenvalue weighted by Gasteiger charge is 2.38. The van der Waals surface area contributed by atoms with Crippen LogP contribution in [0.25, 0.3) is 0 Å². The molecule has 3 aromatic rings. The van der Waals surface area contributed by atoms with Crippen molar-refractivity contribution >= 4 is 29.3 Å². The summed E-state index contributed by atoms with van der Waals surface area (Å²) in [6, 6.07) is 8.97. The van der Waals surface area contributed by atoms with Crippen LogP contribution in [0.15, 0.2) is 53.3 Å². The Morgan fingerprint density at radius 1 is 1.03 bits per heavy atom. The lowest BCUT2D eigenvalue weighted by Gasteiger charge is -2.19. The molecule has 9 heteroatoms. The van der Waals surface area contributed by atoms with Crippen LogP contribution in [0.2, 0.25) is 0 Å². The Morgan fingerprint density at radius 3 is 2.44 bits per heavy atom. The molecule has 0 saturated carbocycles. The van der Waals surface area contributed by atoms with Gasteiger partial charge in [-0.05, 0) is 57.2 Å². The number of pyridine rings is 1. The van der Waals surface area contributed by atoms with E-state index in [2.05, 4.69) is 10.3 Å². The number of nitrogens with one attached hydrogen (secondary N) is 1. The molecule has 0 fully saturated rings. The zero-order valence-electron chi connectivity index (χ0n) is 17.4. The highest BCUT2D eigenvalue weighted by atomic mass is 16.6. The molecule has 1 aromatic carbocycles.